The van der Waals surface area contributed by atoms with Crippen LogP contribution in [0.1, 0.15) is 27.3 Å². The van der Waals surface area contributed by atoms with Crippen molar-refractivity contribution in [3.05, 3.63) is 71.1 Å². The van der Waals surface area contributed by atoms with Crippen LogP contribution in [-0.2, 0) is 9.84 Å². The average molecular weight is 552 g/mol. The van der Waals surface area contributed by atoms with E-state index in [0.717, 1.165) is 19.2 Å². The topological polar surface area (TPSA) is 139 Å². The highest BCUT2D eigenvalue weighted by Crippen LogP contribution is 2.27. The Morgan fingerprint density at radius 2 is 1.92 bits per heavy atom. The first kappa shape index (κ1) is 27.3. The van der Waals surface area contributed by atoms with Gasteiger partial charge in [0.25, 0.3) is 11.8 Å². The summed E-state index contributed by atoms with van der Waals surface area (Å²) in [6.45, 7) is 1.34. The maximum absolute atomic E-state index is 13.2. The van der Waals surface area contributed by atoms with E-state index in [1.165, 1.54) is 42.7 Å². The summed E-state index contributed by atoms with van der Waals surface area (Å²) >= 11 is 5.82. The number of anilines is 2. The fourth-order valence-corrected chi connectivity index (χ4v) is 4.18. The molecule has 10 nitrogen and oxygen atoms in total. The van der Waals surface area contributed by atoms with E-state index in [-0.39, 0.29) is 51.9 Å². The number of hydrogen-bond donors (Lipinski definition) is 3. The lowest BCUT2D eigenvalue weighted by Gasteiger charge is -2.17. The Bertz CT molecular complexity index is 1360. The minimum atomic E-state index is -3.52. The Balaban J connectivity index is 0.00000361. The molecule has 0 spiro atoms. The predicted molar refractivity (Wildman–Crippen MR) is 138 cm³/mol. The Labute approximate surface area is 219 Å². The summed E-state index contributed by atoms with van der Waals surface area (Å²) in [5.41, 5.74) is 0.247. The third-order valence-electron chi connectivity index (χ3n) is 5.17. The molecule has 0 aliphatic carbocycles. The van der Waals surface area contributed by atoms with Crippen LogP contribution < -0.4 is 20.7 Å². The normalized spacial score (nSPS) is 15.0. The number of hydrogen-bond acceptors (Lipinski definition) is 8. The van der Waals surface area contributed by atoms with E-state index < -0.39 is 21.7 Å². The van der Waals surface area contributed by atoms with Crippen LogP contribution in [0.5, 0.6) is 5.75 Å². The summed E-state index contributed by atoms with van der Waals surface area (Å²) in [6, 6.07) is 10.3. The summed E-state index contributed by atoms with van der Waals surface area (Å²) in [5, 5.41) is 8.86. The van der Waals surface area contributed by atoms with Gasteiger partial charge in [-0.3, -0.25) is 9.59 Å². The molecule has 3 heterocycles. The number of halogens is 2. The lowest BCUT2D eigenvalue weighted by Crippen LogP contribution is -2.23. The molecule has 0 bridgehead atoms. The van der Waals surface area contributed by atoms with Gasteiger partial charge in [0.15, 0.2) is 15.5 Å². The summed E-state index contributed by atoms with van der Waals surface area (Å²) < 4.78 is 30.1. The van der Waals surface area contributed by atoms with Crippen molar-refractivity contribution in [1.82, 2.24) is 15.3 Å². The molecule has 0 unspecified atom stereocenters. The molecule has 1 aliphatic heterocycles. The van der Waals surface area contributed by atoms with Gasteiger partial charge in [-0.15, -0.1) is 12.4 Å². The molecule has 36 heavy (non-hydrogen) atoms. The molecule has 1 saturated heterocycles. The third-order valence-corrected chi connectivity index (χ3v) is 6.51. The quantitative estimate of drug-likeness (QED) is 0.406. The van der Waals surface area contributed by atoms with Crippen molar-refractivity contribution < 1.29 is 22.7 Å². The summed E-state index contributed by atoms with van der Waals surface area (Å²) in [4.78, 5) is 34.1. The average Bonchev–Trinajstić information content (AvgIpc) is 3.33. The molecule has 0 radical (unpaired) electrons. The zero-order valence-electron chi connectivity index (χ0n) is 19.0. The highest BCUT2D eigenvalue weighted by atomic mass is 35.5. The maximum atomic E-state index is 13.2. The molecule has 190 valence electrons. The van der Waals surface area contributed by atoms with Gasteiger partial charge in [-0.1, -0.05) is 11.6 Å². The minimum absolute atomic E-state index is 0. The van der Waals surface area contributed by atoms with Gasteiger partial charge in [0, 0.05) is 25.2 Å². The first-order chi connectivity index (χ1) is 16.7. The maximum Gasteiger partial charge on any atom is 0.277 e. The van der Waals surface area contributed by atoms with Crippen molar-refractivity contribution >= 4 is 57.2 Å². The van der Waals surface area contributed by atoms with E-state index in [2.05, 4.69) is 25.9 Å². The van der Waals surface area contributed by atoms with Crippen LogP contribution in [0.15, 0.2) is 59.8 Å². The Kier molecular flexibility index (Phi) is 8.85. The van der Waals surface area contributed by atoms with Crippen molar-refractivity contribution in [3.8, 4) is 5.75 Å². The molecule has 4 rings (SSSR count). The molecule has 0 saturated carbocycles. The largest absolute Gasteiger partial charge is 0.488 e. The second kappa shape index (κ2) is 11.7. The summed E-state index contributed by atoms with van der Waals surface area (Å²) in [6.07, 6.45) is 4.40. The molecular weight excluding hydrogens is 529 g/mol. The number of nitrogens with zero attached hydrogens (tertiary/aromatic N) is 2. The number of carbonyl (C=O) groups is 2. The number of benzene rings is 1. The van der Waals surface area contributed by atoms with Gasteiger partial charge in [0.1, 0.15) is 17.7 Å². The van der Waals surface area contributed by atoms with E-state index in [1.54, 1.807) is 12.1 Å². The fourth-order valence-electron chi connectivity index (χ4n) is 3.43. The van der Waals surface area contributed by atoms with Crippen LogP contribution >= 0.6 is 24.0 Å². The van der Waals surface area contributed by atoms with Gasteiger partial charge in [0.05, 0.1) is 21.2 Å². The molecule has 1 fully saturated rings. The number of carbonyl (C=O) groups excluding carboxylic acids is 2. The Morgan fingerprint density at radius 1 is 1.11 bits per heavy atom. The minimum Gasteiger partial charge on any atom is -0.488 e. The van der Waals surface area contributed by atoms with Crippen LogP contribution in [0.4, 0.5) is 11.5 Å². The predicted octanol–water partition coefficient (Wildman–Crippen LogP) is 3.20. The lowest BCUT2D eigenvalue weighted by atomic mass is 10.1. The van der Waals surface area contributed by atoms with E-state index in [0.29, 0.717) is 11.6 Å². The number of sulfone groups is 1. The smallest absolute Gasteiger partial charge is 0.277 e. The van der Waals surface area contributed by atoms with Crippen LogP contribution in [0, 0.1) is 0 Å². The first-order valence-corrected chi connectivity index (χ1v) is 12.9. The molecule has 3 N–H and O–H groups in total. The van der Waals surface area contributed by atoms with Crippen molar-refractivity contribution in [3.63, 3.8) is 0 Å². The third kappa shape index (κ3) is 6.70. The molecule has 1 aromatic carbocycles. The second-order valence-corrected chi connectivity index (χ2v) is 10.3. The van der Waals surface area contributed by atoms with E-state index >= 15 is 0 Å². The zero-order chi connectivity index (χ0) is 25.0. The molecule has 13 heteroatoms. The standard InChI is InChI=1S/C23H22ClN5O5S.ClH/c1-35(32,33)16-5-6-17(19(11-16)34-15-8-10-25-13-15)22(30)28-18-3-2-9-26-21(18)23(31)29-20-7-4-14(24)12-27-20;/h2-7,9,11-12,15,25H,8,10,13H2,1H3,(H,28,30)(H,27,29,31);1H/t15-;/m1./s1. The number of amides is 2. The molecule has 2 amide bonds. The SMILES string of the molecule is CS(=O)(=O)c1ccc(C(=O)Nc2cccnc2C(=O)Nc2ccc(Cl)cn2)c(O[C@@H]2CCNC2)c1.Cl. The molecular formula is C23H23Cl2N5O5S. The second-order valence-electron chi connectivity index (χ2n) is 7.83. The van der Waals surface area contributed by atoms with Gasteiger partial charge in [-0.25, -0.2) is 18.4 Å². The van der Waals surface area contributed by atoms with Crippen molar-refractivity contribution in [2.75, 3.05) is 30.0 Å². The highest BCUT2D eigenvalue weighted by Gasteiger charge is 2.23. The van der Waals surface area contributed by atoms with Crippen LogP contribution in [0.25, 0.3) is 0 Å². The van der Waals surface area contributed by atoms with Crippen molar-refractivity contribution in [2.24, 2.45) is 0 Å². The first-order valence-electron chi connectivity index (χ1n) is 10.6. The van der Waals surface area contributed by atoms with E-state index in [9.17, 15) is 18.0 Å². The molecule has 1 aliphatic rings. The van der Waals surface area contributed by atoms with Gasteiger partial charge in [-0.05, 0) is 55.4 Å². The number of rotatable bonds is 7. The van der Waals surface area contributed by atoms with Crippen LogP contribution in [0.3, 0.4) is 0 Å². The van der Waals surface area contributed by atoms with Gasteiger partial charge >= 0.3 is 0 Å². The number of nitrogens with one attached hydrogen (secondary N) is 3. The molecule has 3 aromatic rings. The van der Waals surface area contributed by atoms with E-state index in [4.69, 9.17) is 16.3 Å². The van der Waals surface area contributed by atoms with Gasteiger partial charge < -0.3 is 20.7 Å². The monoisotopic (exact) mass is 551 g/mol. The Morgan fingerprint density at radius 3 is 2.58 bits per heavy atom. The fraction of sp³-hybridized carbons (Fsp3) is 0.217. The van der Waals surface area contributed by atoms with Crippen LogP contribution in [-0.4, -0.2) is 55.6 Å². The number of ether oxygens (including phenoxy) is 1. The number of aromatic nitrogens is 2. The summed E-state index contributed by atoms with van der Waals surface area (Å²) in [5.74, 6) is -0.770. The van der Waals surface area contributed by atoms with E-state index in [1.807, 2.05) is 0 Å². The summed E-state index contributed by atoms with van der Waals surface area (Å²) in [7, 11) is -3.52. The van der Waals surface area contributed by atoms with Gasteiger partial charge in [0.2, 0.25) is 0 Å². The zero-order valence-corrected chi connectivity index (χ0v) is 21.4. The molecule has 1 atom stereocenters. The van der Waals surface area contributed by atoms with Crippen molar-refractivity contribution in [1.29, 1.82) is 0 Å². The van der Waals surface area contributed by atoms with Crippen molar-refractivity contribution in [2.45, 2.75) is 17.4 Å². The Hall–Kier alpha value is -3.25. The highest BCUT2D eigenvalue weighted by molar-refractivity contribution is 7.90. The van der Waals surface area contributed by atoms with Crippen LogP contribution in [0.2, 0.25) is 5.02 Å². The molecule has 2 aromatic heterocycles. The van der Waals surface area contributed by atoms with Gasteiger partial charge in [-0.2, -0.15) is 0 Å². The number of pyridine rings is 2. The lowest BCUT2D eigenvalue weighted by molar-refractivity contribution is 0.102.